The van der Waals surface area contributed by atoms with Crippen LogP contribution in [0.2, 0.25) is 0 Å². The van der Waals surface area contributed by atoms with Crippen LogP contribution < -0.4 is 14.8 Å². The van der Waals surface area contributed by atoms with Crippen molar-refractivity contribution in [3.63, 3.8) is 0 Å². The third-order valence-corrected chi connectivity index (χ3v) is 6.23. The quantitative estimate of drug-likeness (QED) is 0.666. The minimum Gasteiger partial charge on any atom is -0.468 e. The minimum atomic E-state index is -3.71. The van der Waals surface area contributed by atoms with Gasteiger partial charge in [0.05, 0.1) is 17.7 Å². The number of hydrogen-bond donors (Lipinski definition) is 1. The minimum absolute atomic E-state index is 0.0891. The summed E-state index contributed by atoms with van der Waals surface area (Å²) in [6, 6.07) is 14.2. The van der Waals surface area contributed by atoms with Crippen molar-refractivity contribution in [2.24, 2.45) is 0 Å². The van der Waals surface area contributed by atoms with E-state index in [-0.39, 0.29) is 24.1 Å². The lowest BCUT2D eigenvalue weighted by Crippen LogP contribution is -2.26. The Morgan fingerprint density at radius 3 is 2.55 bits per heavy atom. The Hall–Kier alpha value is -3.30. The number of nitrogens with zero attached hydrogens (tertiary/aromatic N) is 1. The van der Waals surface area contributed by atoms with E-state index in [1.807, 2.05) is 0 Å². The second-order valence-electron chi connectivity index (χ2n) is 6.39. The van der Waals surface area contributed by atoms with Gasteiger partial charge < -0.3 is 19.2 Å². The van der Waals surface area contributed by atoms with Gasteiger partial charge in [0.15, 0.2) is 11.5 Å². The Kier molecular flexibility index (Phi) is 4.99. The van der Waals surface area contributed by atoms with Gasteiger partial charge in [0.25, 0.3) is 5.91 Å². The highest BCUT2D eigenvalue weighted by atomic mass is 32.2. The fraction of sp³-hybridized carbons (Fsp3) is 0.150. The number of fused-ring (bicyclic) bond motifs is 1. The molecule has 4 rings (SSSR count). The van der Waals surface area contributed by atoms with E-state index in [2.05, 4.69) is 5.32 Å². The summed E-state index contributed by atoms with van der Waals surface area (Å²) >= 11 is 0. The van der Waals surface area contributed by atoms with E-state index in [0.29, 0.717) is 28.5 Å². The predicted molar refractivity (Wildman–Crippen MR) is 104 cm³/mol. The molecule has 0 spiro atoms. The van der Waals surface area contributed by atoms with Gasteiger partial charge in [0.1, 0.15) is 5.76 Å². The molecule has 2 heterocycles. The molecule has 1 N–H and O–H groups in total. The summed E-state index contributed by atoms with van der Waals surface area (Å²) in [5, 5.41) is 2.75. The van der Waals surface area contributed by atoms with Crippen molar-refractivity contribution in [1.29, 1.82) is 0 Å². The lowest BCUT2D eigenvalue weighted by molar-refractivity contribution is 0.102. The Labute approximate surface area is 167 Å². The molecule has 1 aliphatic rings. The number of benzene rings is 2. The first kappa shape index (κ1) is 19.0. The second-order valence-corrected chi connectivity index (χ2v) is 8.43. The van der Waals surface area contributed by atoms with Crippen LogP contribution >= 0.6 is 0 Å². The van der Waals surface area contributed by atoms with E-state index >= 15 is 0 Å². The SMILES string of the molecule is CN(Cc1ccco1)S(=O)(=O)c1ccc(C(=O)Nc2ccc3c(c2)OCO3)cc1. The van der Waals surface area contributed by atoms with Gasteiger partial charge in [-0.25, -0.2) is 8.42 Å². The third-order valence-electron chi connectivity index (χ3n) is 4.41. The van der Waals surface area contributed by atoms with Crippen molar-refractivity contribution in [2.75, 3.05) is 19.2 Å². The Morgan fingerprint density at radius 1 is 1.07 bits per heavy atom. The smallest absolute Gasteiger partial charge is 0.255 e. The van der Waals surface area contributed by atoms with E-state index < -0.39 is 10.0 Å². The zero-order valence-electron chi connectivity index (χ0n) is 15.5. The molecule has 0 fully saturated rings. The summed E-state index contributed by atoms with van der Waals surface area (Å²) in [6.07, 6.45) is 1.49. The van der Waals surface area contributed by atoms with Crippen LogP contribution in [-0.2, 0) is 16.6 Å². The molecule has 0 bridgehead atoms. The van der Waals surface area contributed by atoms with Gasteiger partial charge in [-0.2, -0.15) is 4.31 Å². The van der Waals surface area contributed by atoms with Crippen LogP contribution in [0, 0.1) is 0 Å². The molecule has 8 nitrogen and oxygen atoms in total. The number of hydrogen-bond acceptors (Lipinski definition) is 6. The van der Waals surface area contributed by atoms with Crippen LogP contribution in [0.15, 0.2) is 70.2 Å². The van der Waals surface area contributed by atoms with Crippen LogP contribution in [-0.4, -0.2) is 32.5 Å². The highest BCUT2D eigenvalue weighted by Gasteiger charge is 2.22. The molecule has 9 heteroatoms. The Balaban J connectivity index is 1.46. The van der Waals surface area contributed by atoms with Crippen LogP contribution in [0.4, 0.5) is 5.69 Å². The van der Waals surface area contributed by atoms with Gasteiger partial charge >= 0.3 is 0 Å². The molecule has 1 aliphatic heterocycles. The Morgan fingerprint density at radius 2 is 1.83 bits per heavy atom. The molecule has 0 saturated carbocycles. The van der Waals surface area contributed by atoms with Crippen LogP contribution in [0.3, 0.4) is 0 Å². The van der Waals surface area contributed by atoms with Crippen molar-refractivity contribution in [1.82, 2.24) is 4.31 Å². The lowest BCUT2D eigenvalue weighted by atomic mass is 10.2. The van der Waals surface area contributed by atoms with Crippen molar-refractivity contribution in [3.8, 4) is 11.5 Å². The standard InChI is InChI=1S/C20H18N2O6S/c1-22(12-16-3-2-10-26-16)29(24,25)17-7-4-14(5-8-17)20(23)21-15-6-9-18-19(11-15)28-13-27-18/h2-11H,12-13H2,1H3,(H,21,23). The van der Waals surface area contributed by atoms with Crippen LogP contribution in [0.1, 0.15) is 16.1 Å². The highest BCUT2D eigenvalue weighted by Crippen LogP contribution is 2.34. The Bertz CT molecular complexity index is 1120. The first-order valence-electron chi connectivity index (χ1n) is 8.73. The number of amides is 1. The first-order valence-corrected chi connectivity index (χ1v) is 10.2. The van der Waals surface area contributed by atoms with Gasteiger partial charge in [-0.05, 0) is 48.5 Å². The highest BCUT2D eigenvalue weighted by molar-refractivity contribution is 7.89. The molecule has 0 saturated heterocycles. The number of rotatable bonds is 6. The molecule has 2 aromatic carbocycles. The van der Waals surface area contributed by atoms with Crippen LogP contribution in [0.5, 0.6) is 11.5 Å². The lowest BCUT2D eigenvalue weighted by Gasteiger charge is -2.16. The summed E-state index contributed by atoms with van der Waals surface area (Å²) in [4.78, 5) is 12.6. The fourth-order valence-electron chi connectivity index (χ4n) is 2.84. The number of nitrogens with one attached hydrogen (secondary N) is 1. The maximum atomic E-state index is 12.7. The summed E-state index contributed by atoms with van der Waals surface area (Å²) < 4.78 is 42.3. The van der Waals surface area contributed by atoms with Gasteiger partial charge in [-0.3, -0.25) is 4.79 Å². The number of anilines is 1. The van der Waals surface area contributed by atoms with Crippen molar-refractivity contribution in [2.45, 2.75) is 11.4 Å². The summed E-state index contributed by atoms with van der Waals surface area (Å²) in [5.74, 6) is 1.35. The monoisotopic (exact) mass is 414 g/mol. The van der Waals surface area contributed by atoms with Crippen LogP contribution in [0.25, 0.3) is 0 Å². The maximum absolute atomic E-state index is 12.7. The molecule has 1 aromatic heterocycles. The zero-order valence-corrected chi connectivity index (χ0v) is 16.3. The predicted octanol–water partition coefficient (Wildman–Crippen LogP) is 3.08. The average molecular weight is 414 g/mol. The number of carbonyl (C=O) groups excluding carboxylic acids is 1. The summed E-state index contributed by atoms with van der Waals surface area (Å²) in [6.45, 7) is 0.263. The molecule has 0 radical (unpaired) electrons. The topological polar surface area (TPSA) is 98.1 Å². The molecule has 150 valence electrons. The second kappa shape index (κ2) is 7.61. The van der Waals surface area contributed by atoms with Gasteiger partial charge in [0, 0.05) is 24.4 Å². The normalized spacial score (nSPS) is 12.9. The summed E-state index contributed by atoms with van der Waals surface area (Å²) in [7, 11) is -2.24. The third kappa shape index (κ3) is 3.96. The van der Waals surface area contributed by atoms with Crippen molar-refractivity contribution < 1.29 is 27.1 Å². The molecule has 3 aromatic rings. The maximum Gasteiger partial charge on any atom is 0.255 e. The zero-order chi connectivity index (χ0) is 20.4. The van der Waals surface area contributed by atoms with Gasteiger partial charge in [-0.1, -0.05) is 0 Å². The van der Waals surface area contributed by atoms with E-state index in [0.717, 1.165) is 0 Å². The van der Waals surface area contributed by atoms with E-state index in [1.54, 1.807) is 30.3 Å². The molecular weight excluding hydrogens is 396 g/mol. The molecule has 0 unspecified atom stereocenters. The number of ether oxygens (including phenoxy) is 2. The first-order chi connectivity index (χ1) is 13.9. The largest absolute Gasteiger partial charge is 0.468 e. The van der Waals surface area contributed by atoms with E-state index in [9.17, 15) is 13.2 Å². The van der Waals surface area contributed by atoms with Crippen molar-refractivity contribution in [3.05, 3.63) is 72.2 Å². The molecule has 29 heavy (non-hydrogen) atoms. The fourth-order valence-corrected chi connectivity index (χ4v) is 3.98. The molecule has 0 aliphatic carbocycles. The van der Waals surface area contributed by atoms with E-state index in [1.165, 1.54) is 41.9 Å². The number of furan rings is 1. The van der Waals surface area contributed by atoms with Crippen molar-refractivity contribution >= 4 is 21.6 Å². The number of carbonyl (C=O) groups is 1. The van der Waals surface area contributed by atoms with Gasteiger partial charge in [0.2, 0.25) is 16.8 Å². The molecule has 1 amide bonds. The summed E-state index contributed by atoms with van der Waals surface area (Å²) in [5.41, 5.74) is 0.879. The average Bonchev–Trinajstić information content (AvgIpc) is 3.39. The molecular formula is C20H18N2O6S. The van der Waals surface area contributed by atoms with Gasteiger partial charge in [-0.15, -0.1) is 0 Å². The number of sulfonamides is 1. The molecule has 0 atom stereocenters. The van der Waals surface area contributed by atoms with E-state index in [4.69, 9.17) is 13.9 Å².